The molecule has 0 amide bonds. The molecule has 0 saturated carbocycles. The zero-order chi connectivity index (χ0) is 12.1. The number of aliphatic hydroxyl groups excluding tert-OH is 1. The molecule has 0 heterocycles. The highest BCUT2D eigenvalue weighted by Crippen LogP contribution is 2.28. The third-order valence-electron chi connectivity index (χ3n) is 2.31. The molecule has 1 aromatic carbocycles. The van der Waals surface area contributed by atoms with E-state index in [9.17, 15) is 10.2 Å². The van der Waals surface area contributed by atoms with Crippen molar-refractivity contribution in [3.8, 4) is 11.5 Å². The molecular weight excluding hydrogens is 242 g/mol. The Bertz CT molecular complexity index is 345. The Morgan fingerprint density at radius 3 is 2.53 bits per heavy atom. The van der Waals surface area contributed by atoms with Gasteiger partial charge in [-0.3, -0.25) is 0 Å². The topological polar surface area (TPSA) is 61.7 Å². The van der Waals surface area contributed by atoms with Gasteiger partial charge in [0, 0.05) is 12.6 Å². The van der Waals surface area contributed by atoms with Crippen LogP contribution in [0.4, 0.5) is 0 Å². The quantitative estimate of drug-likeness (QED) is 0.757. The number of phenols is 1. The summed E-state index contributed by atoms with van der Waals surface area (Å²) in [5, 5.41) is 22.4. The van der Waals surface area contributed by atoms with Crippen molar-refractivity contribution in [2.45, 2.75) is 26.0 Å². The number of phenolic OH excluding ortho intramolecular Hbond substituents is 1. The Kier molecular flexibility index (Phi) is 6.95. The van der Waals surface area contributed by atoms with Crippen LogP contribution in [0.5, 0.6) is 11.5 Å². The molecule has 3 N–H and O–H groups in total. The van der Waals surface area contributed by atoms with Gasteiger partial charge in [0.25, 0.3) is 0 Å². The molecule has 0 unspecified atom stereocenters. The number of aromatic hydroxyl groups is 1. The highest BCUT2D eigenvalue weighted by molar-refractivity contribution is 5.85. The van der Waals surface area contributed by atoms with E-state index in [0.717, 1.165) is 5.56 Å². The van der Waals surface area contributed by atoms with Crippen molar-refractivity contribution in [3.63, 3.8) is 0 Å². The lowest BCUT2D eigenvalue weighted by Gasteiger charge is -2.15. The summed E-state index contributed by atoms with van der Waals surface area (Å²) in [4.78, 5) is 0. The first kappa shape index (κ1) is 16.0. The van der Waals surface area contributed by atoms with Gasteiger partial charge in [0.2, 0.25) is 0 Å². The Balaban J connectivity index is 0.00000256. The van der Waals surface area contributed by atoms with Crippen LogP contribution in [0.2, 0.25) is 0 Å². The standard InChI is InChI=1S/C12H19NO3.ClH/c1-8(2)13-7-11(15)9-4-5-10(14)12(6-9)16-3;/h4-6,8,11,13-15H,7H2,1-3H3;1H/t11-;/m1./s1. The lowest BCUT2D eigenvalue weighted by molar-refractivity contribution is 0.171. The van der Waals surface area contributed by atoms with Crippen molar-refractivity contribution in [1.82, 2.24) is 5.32 Å². The molecule has 98 valence electrons. The first-order valence-electron chi connectivity index (χ1n) is 5.33. The monoisotopic (exact) mass is 261 g/mol. The lowest BCUT2D eigenvalue weighted by atomic mass is 10.1. The molecule has 17 heavy (non-hydrogen) atoms. The molecule has 4 nitrogen and oxygen atoms in total. The van der Waals surface area contributed by atoms with E-state index in [1.807, 2.05) is 13.8 Å². The van der Waals surface area contributed by atoms with E-state index < -0.39 is 6.10 Å². The van der Waals surface area contributed by atoms with E-state index in [4.69, 9.17) is 4.74 Å². The summed E-state index contributed by atoms with van der Waals surface area (Å²) >= 11 is 0. The van der Waals surface area contributed by atoms with Gasteiger partial charge in [-0.05, 0) is 17.7 Å². The molecule has 0 fully saturated rings. The maximum absolute atomic E-state index is 9.88. The molecular formula is C12H20ClNO3. The van der Waals surface area contributed by atoms with Crippen LogP contribution in [-0.2, 0) is 0 Å². The van der Waals surface area contributed by atoms with Crippen LogP contribution in [0.15, 0.2) is 18.2 Å². The Labute approximate surface area is 108 Å². The summed E-state index contributed by atoms with van der Waals surface area (Å²) in [5.41, 5.74) is 0.725. The average Bonchev–Trinajstić information content (AvgIpc) is 2.26. The third kappa shape index (κ3) is 4.81. The number of nitrogens with one attached hydrogen (secondary N) is 1. The fraction of sp³-hybridized carbons (Fsp3) is 0.500. The number of aliphatic hydroxyl groups is 1. The SMILES string of the molecule is COc1cc([C@H](O)CNC(C)C)ccc1O.Cl. The van der Waals surface area contributed by atoms with Gasteiger partial charge in [0.15, 0.2) is 11.5 Å². The van der Waals surface area contributed by atoms with Crippen molar-refractivity contribution in [2.24, 2.45) is 0 Å². The molecule has 0 radical (unpaired) electrons. The molecule has 0 aliphatic heterocycles. The summed E-state index contributed by atoms with van der Waals surface area (Å²) in [7, 11) is 1.48. The van der Waals surface area contributed by atoms with Crippen molar-refractivity contribution < 1.29 is 14.9 Å². The van der Waals surface area contributed by atoms with E-state index >= 15 is 0 Å². The van der Waals surface area contributed by atoms with Crippen LogP contribution in [-0.4, -0.2) is 29.9 Å². The zero-order valence-corrected chi connectivity index (χ0v) is 11.1. The van der Waals surface area contributed by atoms with Crippen molar-refractivity contribution >= 4 is 12.4 Å². The summed E-state index contributed by atoms with van der Waals surface area (Å²) in [6.45, 7) is 4.51. The minimum Gasteiger partial charge on any atom is -0.504 e. The first-order chi connectivity index (χ1) is 7.54. The van der Waals surface area contributed by atoms with Crippen LogP contribution in [0.3, 0.4) is 0 Å². The summed E-state index contributed by atoms with van der Waals surface area (Å²) < 4.78 is 4.98. The molecule has 0 bridgehead atoms. The van der Waals surface area contributed by atoms with E-state index in [1.54, 1.807) is 12.1 Å². The maximum Gasteiger partial charge on any atom is 0.160 e. The van der Waals surface area contributed by atoms with Crippen LogP contribution >= 0.6 is 12.4 Å². The fourth-order valence-electron chi connectivity index (χ4n) is 1.37. The highest BCUT2D eigenvalue weighted by Gasteiger charge is 2.10. The Morgan fingerprint density at radius 1 is 1.35 bits per heavy atom. The number of hydrogen-bond acceptors (Lipinski definition) is 4. The Hall–Kier alpha value is -0.970. The van der Waals surface area contributed by atoms with Gasteiger partial charge in [-0.25, -0.2) is 0 Å². The van der Waals surface area contributed by atoms with Gasteiger partial charge in [-0.1, -0.05) is 19.9 Å². The van der Waals surface area contributed by atoms with E-state index in [2.05, 4.69) is 5.32 Å². The lowest BCUT2D eigenvalue weighted by Crippen LogP contribution is -2.27. The van der Waals surface area contributed by atoms with Gasteiger partial charge < -0.3 is 20.3 Å². The number of rotatable bonds is 5. The molecule has 0 saturated heterocycles. The predicted molar refractivity (Wildman–Crippen MR) is 70.0 cm³/mol. The van der Waals surface area contributed by atoms with Crippen LogP contribution in [0.25, 0.3) is 0 Å². The van der Waals surface area contributed by atoms with Gasteiger partial charge in [0.1, 0.15) is 0 Å². The molecule has 1 atom stereocenters. The van der Waals surface area contributed by atoms with Crippen molar-refractivity contribution in [2.75, 3.05) is 13.7 Å². The first-order valence-corrected chi connectivity index (χ1v) is 5.33. The van der Waals surface area contributed by atoms with Crippen molar-refractivity contribution in [1.29, 1.82) is 0 Å². The number of halogens is 1. The number of ether oxygens (including phenoxy) is 1. The summed E-state index contributed by atoms with van der Waals surface area (Å²) in [6.07, 6.45) is -0.600. The average molecular weight is 262 g/mol. The smallest absolute Gasteiger partial charge is 0.160 e. The summed E-state index contributed by atoms with van der Waals surface area (Å²) in [6, 6.07) is 5.17. The van der Waals surface area contributed by atoms with Gasteiger partial charge >= 0.3 is 0 Å². The maximum atomic E-state index is 9.88. The molecule has 5 heteroatoms. The van der Waals surface area contributed by atoms with Gasteiger partial charge in [-0.2, -0.15) is 0 Å². The van der Waals surface area contributed by atoms with Gasteiger partial charge in [0.05, 0.1) is 13.2 Å². The minimum absolute atomic E-state index is 0. The van der Waals surface area contributed by atoms with Crippen LogP contribution in [0, 0.1) is 0 Å². The van der Waals surface area contributed by atoms with E-state index in [-0.39, 0.29) is 18.2 Å². The molecule has 1 aromatic rings. The molecule has 0 aliphatic carbocycles. The summed E-state index contributed by atoms with van der Waals surface area (Å²) in [5.74, 6) is 0.455. The Morgan fingerprint density at radius 2 is 2.00 bits per heavy atom. The third-order valence-corrected chi connectivity index (χ3v) is 2.31. The molecule has 0 aromatic heterocycles. The fourth-order valence-corrected chi connectivity index (χ4v) is 1.37. The predicted octanol–water partition coefficient (Wildman–Crippen LogP) is 1.85. The second-order valence-corrected chi connectivity index (χ2v) is 4.01. The van der Waals surface area contributed by atoms with Gasteiger partial charge in [-0.15, -0.1) is 12.4 Å². The molecule has 0 spiro atoms. The largest absolute Gasteiger partial charge is 0.504 e. The molecule has 0 aliphatic rings. The minimum atomic E-state index is -0.600. The highest BCUT2D eigenvalue weighted by atomic mass is 35.5. The number of benzene rings is 1. The molecule has 1 rings (SSSR count). The van der Waals surface area contributed by atoms with E-state index in [1.165, 1.54) is 13.2 Å². The normalized spacial score (nSPS) is 12.1. The van der Waals surface area contributed by atoms with Crippen molar-refractivity contribution in [3.05, 3.63) is 23.8 Å². The number of hydrogen-bond donors (Lipinski definition) is 3. The van der Waals surface area contributed by atoms with Crippen LogP contribution in [0.1, 0.15) is 25.5 Å². The zero-order valence-electron chi connectivity index (χ0n) is 10.3. The second-order valence-electron chi connectivity index (χ2n) is 4.01. The van der Waals surface area contributed by atoms with E-state index in [0.29, 0.717) is 18.3 Å². The second kappa shape index (κ2) is 7.37. The van der Waals surface area contributed by atoms with Crippen LogP contribution < -0.4 is 10.1 Å². The number of methoxy groups -OCH3 is 1.